The van der Waals surface area contributed by atoms with Crippen LogP contribution in [-0.4, -0.2) is 70.0 Å². The van der Waals surface area contributed by atoms with Crippen molar-refractivity contribution in [1.82, 2.24) is 26.1 Å². The van der Waals surface area contributed by atoms with Crippen molar-refractivity contribution in [2.45, 2.75) is 58.8 Å². The molecule has 49 heavy (non-hydrogen) atoms. The average molecular weight is 668 g/mol. The van der Waals surface area contributed by atoms with Crippen LogP contribution >= 0.6 is 0 Å². The SMILES string of the molecule is COC(=O)NC(C(=O)NN(Cc1ccc(-c2ccccn2)cc1)C[C@H](O)[C@H](Cc1ccccc1)NC(=O)c1cccc(O)c1C)C(C)(C)C. The molecule has 3 atom stereocenters. The van der Waals surface area contributed by atoms with Crippen LogP contribution in [0.4, 0.5) is 4.79 Å². The van der Waals surface area contributed by atoms with E-state index in [1.54, 1.807) is 30.3 Å². The first-order chi connectivity index (χ1) is 23.3. The molecule has 1 aromatic heterocycles. The van der Waals surface area contributed by atoms with Crippen LogP contribution in [0.2, 0.25) is 0 Å². The fraction of sp³-hybridized carbons (Fsp3) is 0.316. The number of hydrogen-bond donors (Lipinski definition) is 5. The van der Waals surface area contributed by atoms with Crippen molar-refractivity contribution in [3.63, 3.8) is 0 Å². The van der Waals surface area contributed by atoms with Gasteiger partial charge in [-0.3, -0.25) is 20.0 Å². The molecule has 0 fully saturated rings. The number of rotatable bonds is 13. The van der Waals surface area contributed by atoms with Crippen LogP contribution in [0, 0.1) is 12.3 Å². The number of hydrazine groups is 1. The van der Waals surface area contributed by atoms with Crippen LogP contribution in [0.25, 0.3) is 11.3 Å². The summed E-state index contributed by atoms with van der Waals surface area (Å²) in [6.07, 6.45) is 0.0967. The largest absolute Gasteiger partial charge is 0.508 e. The standard InChI is InChI=1S/C38H45N5O6/c1-25-29(14-11-16-32(25)44)35(46)40-31(22-26-12-7-6-8-13-26)33(45)24-43(42-36(47)34(38(2,3)4)41-37(48)49-5)23-27-17-19-28(20-18-27)30-15-9-10-21-39-30/h6-21,31,33-34,44-45H,22-24H2,1-5H3,(H,40,46)(H,41,48)(H,42,47)/t31-,33-,34?/m0/s1. The quantitative estimate of drug-likeness (QED) is 0.128. The highest BCUT2D eigenvalue weighted by Gasteiger charge is 2.35. The maximum atomic E-state index is 13.7. The number of carbonyl (C=O) groups is 3. The van der Waals surface area contributed by atoms with Gasteiger partial charge in [-0.15, -0.1) is 0 Å². The van der Waals surface area contributed by atoms with Crippen LogP contribution in [-0.2, 0) is 22.5 Å². The van der Waals surface area contributed by atoms with Crippen LogP contribution in [0.1, 0.15) is 47.8 Å². The van der Waals surface area contributed by atoms with E-state index in [-0.39, 0.29) is 24.4 Å². The molecule has 3 aromatic carbocycles. The third kappa shape index (κ3) is 10.4. The van der Waals surface area contributed by atoms with Crippen molar-refractivity contribution < 1.29 is 29.3 Å². The first-order valence-corrected chi connectivity index (χ1v) is 16.1. The number of aromatic hydroxyl groups is 1. The number of pyridine rings is 1. The number of benzene rings is 3. The molecule has 0 saturated heterocycles. The van der Waals surface area contributed by atoms with E-state index in [0.29, 0.717) is 12.0 Å². The smallest absolute Gasteiger partial charge is 0.407 e. The van der Waals surface area contributed by atoms with Gasteiger partial charge in [0.25, 0.3) is 11.8 Å². The molecule has 0 saturated carbocycles. The molecule has 0 aliphatic heterocycles. The van der Waals surface area contributed by atoms with Gasteiger partial charge in [0.1, 0.15) is 11.8 Å². The Morgan fingerprint density at radius 1 is 0.878 bits per heavy atom. The predicted molar refractivity (Wildman–Crippen MR) is 187 cm³/mol. The number of phenolic OH excluding ortho intramolecular Hbond substituents is 1. The lowest BCUT2D eigenvalue weighted by Crippen LogP contribution is -2.59. The molecule has 1 heterocycles. The lowest BCUT2D eigenvalue weighted by atomic mass is 9.86. The number of carbonyl (C=O) groups excluding carboxylic acids is 3. The van der Waals surface area contributed by atoms with Gasteiger partial charge in [-0.1, -0.05) is 87.5 Å². The van der Waals surface area contributed by atoms with Gasteiger partial charge in [0.2, 0.25) is 0 Å². The Morgan fingerprint density at radius 3 is 2.20 bits per heavy atom. The highest BCUT2D eigenvalue weighted by molar-refractivity contribution is 5.96. The molecule has 258 valence electrons. The number of alkyl carbamates (subject to hydrolysis) is 1. The minimum absolute atomic E-state index is 0.00951. The molecule has 5 N–H and O–H groups in total. The molecule has 0 aliphatic rings. The van der Waals surface area contributed by atoms with E-state index in [1.165, 1.54) is 13.2 Å². The van der Waals surface area contributed by atoms with E-state index in [4.69, 9.17) is 4.74 Å². The molecule has 0 radical (unpaired) electrons. The highest BCUT2D eigenvalue weighted by atomic mass is 16.5. The van der Waals surface area contributed by atoms with E-state index in [2.05, 4.69) is 21.0 Å². The van der Waals surface area contributed by atoms with Gasteiger partial charge in [0.15, 0.2) is 0 Å². The maximum absolute atomic E-state index is 13.7. The molecule has 0 spiro atoms. The van der Waals surface area contributed by atoms with Crippen LogP contribution in [0.3, 0.4) is 0 Å². The number of nitrogens with one attached hydrogen (secondary N) is 3. The van der Waals surface area contributed by atoms with Crippen LogP contribution in [0.5, 0.6) is 5.75 Å². The Balaban J connectivity index is 1.63. The van der Waals surface area contributed by atoms with Crippen molar-refractivity contribution in [2.75, 3.05) is 13.7 Å². The molecule has 3 amide bonds. The van der Waals surface area contributed by atoms with Crippen molar-refractivity contribution in [2.24, 2.45) is 5.41 Å². The zero-order chi connectivity index (χ0) is 35.6. The highest BCUT2D eigenvalue weighted by Crippen LogP contribution is 2.22. The minimum atomic E-state index is -1.17. The molecule has 11 nitrogen and oxygen atoms in total. The van der Waals surface area contributed by atoms with E-state index in [0.717, 1.165) is 22.4 Å². The summed E-state index contributed by atoms with van der Waals surface area (Å²) in [5.74, 6) is -0.969. The van der Waals surface area contributed by atoms with Gasteiger partial charge in [0.05, 0.1) is 24.9 Å². The maximum Gasteiger partial charge on any atom is 0.407 e. The van der Waals surface area contributed by atoms with Crippen molar-refractivity contribution >= 4 is 17.9 Å². The number of aliphatic hydroxyl groups is 1. The van der Waals surface area contributed by atoms with Crippen LogP contribution in [0.15, 0.2) is 97.2 Å². The Kier molecular flexibility index (Phi) is 12.5. The number of nitrogens with zero attached hydrogens (tertiary/aromatic N) is 2. The summed E-state index contributed by atoms with van der Waals surface area (Å²) in [7, 11) is 1.23. The zero-order valence-corrected chi connectivity index (χ0v) is 28.5. The zero-order valence-electron chi connectivity index (χ0n) is 28.5. The van der Waals surface area contributed by atoms with Crippen LogP contribution < -0.4 is 16.1 Å². The monoisotopic (exact) mass is 667 g/mol. The van der Waals surface area contributed by atoms with Crippen molar-refractivity contribution in [3.8, 4) is 17.0 Å². The summed E-state index contributed by atoms with van der Waals surface area (Å²) in [4.78, 5) is 43.8. The third-order valence-corrected chi connectivity index (χ3v) is 8.17. The fourth-order valence-electron chi connectivity index (χ4n) is 5.38. The van der Waals surface area contributed by atoms with Gasteiger partial charge in [-0.25, -0.2) is 9.80 Å². The predicted octanol–water partition coefficient (Wildman–Crippen LogP) is 4.77. The molecular formula is C38H45N5O6. The molecule has 11 heteroatoms. The number of amides is 3. The van der Waals surface area contributed by atoms with Crippen molar-refractivity contribution in [1.29, 1.82) is 0 Å². The second kappa shape index (κ2) is 16.7. The number of phenols is 1. The number of aromatic nitrogens is 1. The van der Waals surface area contributed by atoms with Gasteiger partial charge < -0.3 is 25.6 Å². The fourth-order valence-corrected chi connectivity index (χ4v) is 5.38. The summed E-state index contributed by atoms with van der Waals surface area (Å²) in [6.45, 7) is 7.21. The topological polar surface area (TPSA) is 153 Å². The molecule has 0 bridgehead atoms. The summed E-state index contributed by atoms with van der Waals surface area (Å²) in [5.41, 5.74) is 6.38. The van der Waals surface area contributed by atoms with E-state index >= 15 is 0 Å². The van der Waals surface area contributed by atoms with Crippen molar-refractivity contribution in [3.05, 3.63) is 119 Å². The number of hydrogen-bond acceptors (Lipinski definition) is 8. The molecule has 4 aromatic rings. The molecule has 0 aliphatic carbocycles. The molecule has 1 unspecified atom stereocenters. The summed E-state index contributed by atoms with van der Waals surface area (Å²) in [6, 6.07) is 25.8. The van der Waals surface area contributed by atoms with Gasteiger partial charge in [0, 0.05) is 36.0 Å². The van der Waals surface area contributed by atoms with E-state index < -0.39 is 41.5 Å². The Hall–Kier alpha value is -5.26. The first kappa shape index (κ1) is 36.6. The lowest BCUT2D eigenvalue weighted by Gasteiger charge is -2.34. The van der Waals surface area contributed by atoms with Gasteiger partial charge >= 0.3 is 6.09 Å². The number of ether oxygens (including phenoxy) is 1. The second-order valence-electron chi connectivity index (χ2n) is 13.0. The third-order valence-electron chi connectivity index (χ3n) is 8.17. The Morgan fingerprint density at radius 2 is 1.57 bits per heavy atom. The summed E-state index contributed by atoms with van der Waals surface area (Å²) >= 11 is 0. The Labute approximate surface area is 287 Å². The number of methoxy groups -OCH3 is 1. The van der Waals surface area contributed by atoms with E-state index in [1.807, 2.05) is 93.6 Å². The van der Waals surface area contributed by atoms with Gasteiger partial charge in [-0.2, -0.15) is 0 Å². The van der Waals surface area contributed by atoms with E-state index in [9.17, 15) is 24.6 Å². The summed E-state index contributed by atoms with van der Waals surface area (Å²) in [5, 5.41) is 29.1. The molecule has 4 rings (SSSR count). The lowest BCUT2D eigenvalue weighted by molar-refractivity contribution is -0.131. The first-order valence-electron chi connectivity index (χ1n) is 16.1. The number of aliphatic hydroxyl groups excluding tert-OH is 1. The Bertz CT molecular complexity index is 1690. The van der Waals surface area contributed by atoms with Gasteiger partial charge in [-0.05, 0) is 54.2 Å². The average Bonchev–Trinajstić information content (AvgIpc) is 3.08. The molecular weight excluding hydrogens is 622 g/mol. The normalized spacial score (nSPS) is 13.2. The summed E-state index contributed by atoms with van der Waals surface area (Å²) < 4.78 is 4.77. The second-order valence-corrected chi connectivity index (χ2v) is 13.0. The minimum Gasteiger partial charge on any atom is -0.508 e.